The summed E-state index contributed by atoms with van der Waals surface area (Å²) in [5, 5.41) is 1.66. The van der Waals surface area contributed by atoms with Gasteiger partial charge < -0.3 is 5.32 Å². The number of hydrogen-bond acceptors (Lipinski definition) is 3. The average molecular weight is 334 g/mol. The van der Waals surface area contributed by atoms with Crippen LogP contribution in [0.15, 0.2) is 28.7 Å². The molecule has 0 heterocycles. The SMILES string of the molecule is CC(NC(=O)C(C)S(C)(=O)=O)c1cccc(Br)c1. The zero-order valence-corrected chi connectivity index (χ0v) is 12.9. The molecule has 2 atom stereocenters. The Hall–Kier alpha value is -0.880. The van der Waals surface area contributed by atoms with E-state index in [0.717, 1.165) is 16.3 Å². The number of amides is 1. The molecule has 1 aromatic carbocycles. The number of benzene rings is 1. The van der Waals surface area contributed by atoms with Crippen LogP contribution in [-0.2, 0) is 14.6 Å². The summed E-state index contributed by atoms with van der Waals surface area (Å²) in [5.41, 5.74) is 0.915. The topological polar surface area (TPSA) is 63.2 Å². The standard InChI is InChI=1S/C12H16BrNO3S/c1-8(10-5-4-6-11(13)7-10)14-12(15)9(2)18(3,16)17/h4-9H,1-3H3,(H,14,15). The van der Waals surface area contributed by atoms with Gasteiger partial charge in [-0.1, -0.05) is 28.1 Å². The molecule has 0 fully saturated rings. The molecule has 0 bridgehead atoms. The lowest BCUT2D eigenvalue weighted by molar-refractivity contribution is -0.121. The first kappa shape index (κ1) is 15.2. The van der Waals surface area contributed by atoms with Crippen LogP contribution in [0.25, 0.3) is 0 Å². The Labute approximate surface area is 116 Å². The van der Waals surface area contributed by atoms with Crippen molar-refractivity contribution in [1.82, 2.24) is 5.32 Å². The first-order valence-corrected chi connectivity index (χ1v) is 8.21. The number of halogens is 1. The van der Waals surface area contributed by atoms with E-state index < -0.39 is 21.0 Å². The minimum atomic E-state index is -3.36. The summed E-state index contributed by atoms with van der Waals surface area (Å²) < 4.78 is 23.5. The second-order valence-corrected chi connectivity index (χ2v) is 7.54. The molecular weight excluding hydrogens is 318 g/mol. The lowest BCUT2D eigenvalue weighted by Crippen LogP contribution is -2.38. The third kappa shape index (κ3) is 4.10. The van der Waals surface area contributed by atoms with Gasteiger partial charge in [-0.25, -0.2) is 8.42 Å². The molecule has 100 valence electrons. The fourth-order valence-corrected chi connectivity index (χ4v) is 2.26. The van der Waals surface area contributed by atoms with Crippen LogP contribution in [0.4, 0.5) is 0 Å². The van der Waals surface area contributed by atoms with Crippen LogP contribution < -0.4 is 5.32 Å². The molecule has 0 saturated heterocycles. The highest BCUT2D eigenvalue weighted by Crippen LogP contribution is 2.18. The van der Waals surface area contributed by atoms with E-state index in [0.29, 0.717) is 0 Å². The average Bonchev–Trinajstić information content (AvgIpc) is 2.26. The van der Waals surface area contributed by atoms with E-state index >= 15 is 0 Å². The van der Waals surface area contributed by atoms with Gasteiger partial charge in [-0.05, 0) is 31.5 Å². The molecular formula is C12H16BrNO3S. The lowest BCUT2D eigenvalue weighted by atomic mass is 10.1. The Kier molecular flexibility index (Phi) is 4.92. The van der Waals surface area contributed by atoms with Gasteiger partial charge in [0, 0.05) is 10.7 Å². The number of hydrogen-bond donors (Lipinski definition) is 1. The molecule has 0 spiro atoms. The van der Waals surface area contributed by atoms with Crippen molar-refractivity contribution in [1.29, 1.82) is 0 Å². The predicted octanol–water partition coefficient (Wildman–Crippen LogP) is 2.06. The van der Waals surface area contributed by atoms with E-state index in [2.05, 4.69) is 21.2 Å². The summed E-state index contributed by atoms with van der Waals surface area (Å²) in [6.07, 6.45) is 1.06. The van der Waals surface area contributed by atoms with Crippen molar-refractivity contribution in [2.75, 3.05) is 6.26 Å². The van der Waals surface area contributed by atoms with Gasteiger partial charge in [0.1, 0.15) is 5.25 Å². The Balaban J connectivity index is 2.77. The highest BCUT2D eigenvalue weighted by atomic mass is 79.9. The minimum absolute atomic E-state index is 0.237. The highest BCUT2D eigenvalue weighted by Gasteiger charge is 2.24. The van der Waals surface area contributed by atoms with Crippen molar-refractivity contribution in [3.8, 4) is 0 Å². The number of sulfone groups is 1. The summed E-state index contributed by atoms with van der Waals surface area (Å²) in [5.74, 6) is -0.482. The van der Waals surface area contributed by atoms with Crippen LogP contribution in [-0.4, -0.2) is 25.8 Å². The van der Waals surface area contributed by atoms with Crippen LogP contribution in [0.2, 0.25) is 0 Å². The Morgan fingerprint density at radius 3 is 2.44 bits per heavy atom. The van der Waals surface area contributed by atoms with Crippen molar-refractivity contribution in [3.05, 3.63) is 34.3 Å². The summed E-state index contributed by atoms with van der Waals surface area (Å²) in [6.45, 7) is 3.20. The number of carbonyl (C=O) groups is 1. The van der Waals surface area contributed by atoms with Gasteiger partial charge in [0.25, 0.3) is 0 Å². The van der Waals surface area contributed by atoms with Crippen molar-refractivity contribution < 1.29 is 13.2 Å². The minimum Gasteiger partial charge on any atom is -0.348 e. The molecule has 0 radical (unpaired) electrons. The van der Waals surface area contributed by atoms with Gasteiger partial charge in [-0.15, -0.1) is 0 Å². The molecule has 0 saturated carbocycles. The molecule has 0 aromatic heterocycles. The van der Waals surface area contributed by atoms with Crippen molar-refractivity contribution in [3.63, 3.8) is 0 Å². The van der Waals surface area contributed by atoms with Crippen LogP contribution in [0, 0.1) is 0 Å². The van der Waals surface area contributed by atoms with Crippen LogP contribution in [0.3, 0.4) is 0 Å². The van der Waals surface area contributed by atoms with Gasteiger partial charge in [-0.3, -0.25) is 4.79 Å². The van der Waals surface area contributed by atoms with E-state index in [9.17, 15) is 13.2 Å². The number of rotatable bonds is 4. The first-order chi connectivity index (χ1) is 8.21. The van der Waals surface area contributed by atoms with Crippen molar-refractivity contribution >= 4 is 31.7 Å². The summed E-state index contributed by atoms with van der Waals surface area (Å²) in [6, 6.07) is 7.27. The molecule has 2 unspecified atom stereocenters. The zero-order chi connectivity index (χ0) is 13.9. The summed E-state index contributed by atoms with van der Waals surface area (Å²) in [4.78, 5) is 11.8. The zero-order valence-electron chi connectivity index (χ0n) is 10.5. The monoisotopic (exact) mass is 333 g/mol. The van der Waals surface area contributed by atoms with Crippen molar-refractivity contribution in [2.45, 2.75) is 25.1 Å². The van der Waals surface area contributed by atoms with E-state index in [1.54, 1.807) is 0 Å². The third-order valence-corrected chi connectivity index (χ3v) is 4.71. The maximum atomic E-state index is 11.8. The van der Waals surface area contributed by atoms with Crippen LogP contribution in [0.5, 0.6) is 0 Å². The van der Waals surface area contributed by atoms with Crippen LogP contribution >= 0.6 is 15.9 Å². The third-order valence-electron chi connectivity index (χ3n) is 2.72. The highest BCUT2D eigenvalue weighted by molar-refractivity contribution is 9.10. The second-order valence-electron chi connectivity index (χ2n) is 4.26. The largest absolute Gasteiger partial charge is 0.348 e. The van der Waals surface area contributed by atoms with Gasteiger partial charge in [0.15, 0.2) is 9.84 Å². The molecule has 1 N–H and O–H groups in total. The lowest BCUT2D eigenvalue weighted by Gasteiger charge is -2.17. The molecule has 1 rings (SSSR count). The molecule has 1 aromatic rings. The van der Waals surface area contributed by atoms with E-state index in [-0.39, 0.29) is 6.04 Å². The maximum absolute atomic E-state index is 11.8. The van der Waals surface area contributed by atoms with E-state index in [1.165, 1.54) is 6.92 Å². The smallest absolute Gasteiger partial charge is 0.238 e. The van der Waals surface area contributed by atoms with E-state index in [4.69, 9.17) is 0 Å². The van der Waals surface area contributed by atoms with Gasteiger partial charge in [-0.2, -0.15) is 0 Å². The molecule has 4 nitrogen and oxygen atoms in total. The molecule has 0 aliphatic heterocycles. The van der Waals surface area contributed by atoms with Crippen molar-refractivity contribution in [2.24, 2.45) is 0 Å². The predicted molar refractivity (Wildman–Crippen MR) is 75.0 cm³/mol. The Morgan fingerprint density at radius 1 is 1.33 bits per heavy atom. The normalized spacial score (nSPS) is 14.9. The maximum Gasteiger partial charge on any atom is 0.238 e. The first-order valence-electron chi connectivity index (χ1n) is 5.46. The molecule has 1 amide bonds. The number of carbonyl (C=O) groups excluding carboxylic acids is 1. The fraction of sp³-hybridized carbons (Fsp3) is 0.417. The summed E-state index contributed by atoms with van der Waals surface area (Å²) >= 11 is 3.35. The molecule has 6 heteroatoms. The van der Waals surface area contributed by atoms with E-state index in [1.807, 2.05) is 31.2 Å². The fourth-order valence-electron chi connectivity index (χ4n) is 1.38. The summed E-state index contributed by atoms with van der Waals surface area (Å²) in [7, 11) is -3.36. The van der Waals surface area contributed by atoms with Gasteiger partial charge in [0.2, 0.25) is 5.91 Å². The molecule has 0 aliphatic rings. The molecule has 0 aliphatic carbocycles. The molecule has 18 heavy (non-hydrogen) atoms. The Bertz CT molecular complexity index is 542. The second kappa shape index (κ2) is 5.84. The number of nitrogens with one attached hydrogen (secondary N) is 1. The quantitative estimate of drug-likeness (QED) is 0.917. The van der Waals surface area contributed by atoms with Crippen LogP contribution in [0.1, 0.15) is 25.5 Å². The van der Waals surface area contributed by atoms with Gasteiger partial charge in [0.05, 0.1) is 6.04 Å². The Morgan fingerprint density at radius 2 is 1.94 bits per heavy atom. The van der Waals surface area contributed by atoms with Gasteiger partial charge >= 0.3 is 0 Å².